The zero-order chi connectivity index (χ0) is 10.1. The molecule has 1 rings (SSSR count). The Kier molecular flexibility index (Phi) is 2.88. The predicted octanol–water partition coefficient (Wildman–Crippen LogP) is 2.66. The molecule has 0 aromatic carbocycles. The van der Waals surface area contributed by atoms with E-state index in [2.05, 4.69) is 0 Å². The van der Waals surface area contributed by atoms with Crippen LogP contribution in [0.3, 0.4) is 0 Å². The molecule has 0 atom stereocenters. The van der Waals surface area contributed by atoms with E-state index in [4.69, 9.17) is 4.74 Å². The Labute approximate surface area is 82.5 Å². The third-order valence-electron chi connectivity index (χ3n) is 2.13. The molecule has 0 spiro atoms. The number of hydrogen-bond acceptors (Lipinski definition) is 3. The number of rotatable bonds is 3. The van der Waals surface area contributed by atoms with E-state index in [9.17, 15) is 4.79 Å². The summed E-state index contributed by atoms with van der Waals surface area (Å²) in [5.41, 5.74) is 0.315. The smallest absolute Gasteiger partial charge is 0.204 e. The van der Waals surface area contributed by atoms with E-state index < -0.39 is 5.60 Å². The number of hydrogen-bond donors (Lipinski definition) is 0. The molecule has 72 valence electrons. The summed E-state index contributed by atoms with van der Waals surface area (Å²) in [6.45, 7) is 5.51. The second-order valence-corrected chi connectivity index (χ2v) is 4.39. The molecule has 0 N–H and O–H groups in total. The van der Waals surface area contributed by atoms with Gasteiger partial charge in [-0.3, -0.25) is 4.79 Å². The predicted molar refractivity (Wildman–Crippen MR) is 54.5 cm³/mol. The maximum absolute atomic E-state index is 11.9. The molecule has 0 aliphatic carbocycles. The standard InChI is InChI=1S/C10H14O2S/c1-7-5-6-13-8(7)9(11)10(2,3)12-4/h5-6H,1-4H3. The van der Waals surface area contributed by atoms with Gasteiger partial charge in [-0.1, -0.05) is 0 Å². The van der Waals surface area contributed by atoms with E-state index in [-0.39, 0.29) is 5.78 Å². The molecule has 0 fully saturated rings. The van der Waals surface area contributed by atoms with Crippen LogP contribution in [0, 0.1) is 6.92 Å². The number of methoxy groups -OCH3 is 1. The van der Waals surface area contributed by atoms with Gasteiger partial charge in [-0.25, -0.2) is 0 Å². The Morgan fingerprint density at radius 3 is 2.54 bits per heavy atom. The summed E-state index contributed by atoms with van der Waals surface area (Å²) in [6.07, 6.45) is 0. The average molecular weight is 198 g/mol. The summed E-state index contributed by atoms with van der Waals surface area (Å²) in [7, 11) is 1.56. The molecule has 0 saturated heterocycles. The van der Waals surface area contributed by atoms with Crippen LogP contribution in [-0.2, 0) is 4.74 Å². The van der Waals surface area contributed by atoms with Crippen molar-refractivity contribution in [1.29, 1.82) is 0 Å². The molecule has 0 unspecified atom stereocenters. The highest BCUT2D eigenvalue weighted by Crippen LogP contribution is 2.23. The second kappa shape index (κ2) is 3.60. The van der Waals surface area contributed by atoms with Crippen LogP contribution in [0.15, 0.2) is 11.4 Å². The fourth-order valence-corrected chi connectivity index (χ4v) is 1.99. The first-order chi connectivity index (χ1) is 5.99. The van der Waals surface area contributed by atoms with Crippen molar-refractivity contribution in [3.63, 3.8) is 0 Å². The number of carbonyl (C=O) groups is 1. The van der Waals surface area contributed by atoms with Gasteiger partial charge in [-0.05, 0) is 37.8 Å². The van der Waals surface area contributed by atoms with Gasteiger partial charge in [0.05, 0.1) is 4.88 Å². The van der Waals surface area contributed by atoms with Crippen LogP contribution in [0.25, 0.3) is 0 Å². The first kappa shape index (κ1) is 10.4. The zero-order valence-corrected chi connectivity index (χ0v) is 9.20. The number of Topliss-reactive ketones (excluding diaryl/α,β-unsaturated/α-hetero) is 1. The van der Waals surface area contributed by atoms with Crippen LogP contribution in [-0.4, -0.2) is 18.5 Å². The van der Waals surface area contributed by atoms with E-state index in [1.54, 1.807) is 21.0 Å². The van der Waals surface area contributed by atoms with E-state index in [0.717, 1.165) is 10.4 Å². The number of carbonyl (C=O) groups excluding carboxylic acids is 1. The van der Waals surface area contributed by atoms with Gasteiger partial charge in [0.15, 0.2) is 0 Å². The van der Waals surface area contributed by atoms with Crippen molar-refractivity contribution in [1.82, 2.24) is 0 Å². The molecule has 2 nitrogen and oxygen atoms in total. The third kappa shape index (κ3) is 1.98. The first-order valence-electron chi connectivity index (χ1n) is 4.13. The lowest BCUT2D eigenvalue weighted by molar-refractivity contribution is 0.0231. The highest BCUT2D eigenvalue weighted by Gasteiger charge is 2.29. The number of aryl methyl sites for hydroxylation is 1. The Balaban J connectivity index is 2.98. The molecule has 1 heterocycles. The highest BCUT2D eigenvalue weighted by atomic mass is 32.1. The van der Waals surface area contributed by atoms with Crippen LogP contribution in [0.2, 0.25) is 0 Å². The lowest BCUT2D eigenvalue weighted by Crippen LogP contribution is -2.33. The first-order valence-corrected chi connectivity index (χ1v) is 5.01. The Morgan fingerprint density at radius 2 is 2.15 bits per heavy atom. The van der Waals surface area contributed by atoms with E-state index >= 15 is 0 Å². The van der Waals surface area contributed by atoms with Crippen LogP contribution in [0.4, 0.5) is 0 Å². The molecule has 13 heavy (non-hydrogen) atoms. The normalized spacial score (nSPS) is 11.7. The summed E-state index contributed by atoms with van der Waals surface area (Å²) < 4.78 is 5.14. The van der Waals surface area contributed by atoms with Crippen molar-refractivity contribution in [3.05, 3.63) is 21.9 Å². The third-order valence-corrected chi connectivity index (χ3v) is 3.14. The zero-order valence-electron chi connectivity index (χ0n) is 8.38. The summed E-state index contributed by atoms with van der Waals surface area (Å²) in [4.78, 5) is 12.7. The summed E-state index contributed by atoms with van der Waals surface area (Å²) in [5, 5.41) is 1.92. The molecule has 0 saturated carbocycles. The van der Waals surface area contributed by atoms with Gasteiger partial charge in [0.25, 0.3) is 0 Å². The van der Waals surface area contributed by atoms with Gasteiger partial charge in [0.1, 0.15) is 5.60 Å². The van der Waals surface area contributed by atoms with Crippen molar-refractivity contribution in [2.75, 3.05) is 7.11 Å². The van der Waals surface area contributed by atoms with Crippen molar-refractivity contribution in [3.8, 4) is 0 Å². The number of ether oxygens (including phenoxy) is 1. The summed E-state index contributed by atoms with van der Waals surface area (Å²) in [6, 6.07) is 1.95. The minimum absolute atomic E-state index is 0.0579. The van der Waals surface area contributed by atoms with E-state index in [1.165, 1.54) is 11.3 Å². The van der Waals surface area contributed by atoms with Crippen molar-refractivity contribution >= 4 is 17.1 Å². The highest BCUT2D eigenvalue weighted by molar-refractivity contribution is 7.12. The summed E-state index contributed by atoms with van der Waals surface area (Å²) >= 11 is 1.47. The molecular formula is C10H14O2S. The second-order valence-electron chi connectivity index (χ2n) is 3.48. The maximum atomic E-state index is 11.9. The van der Waals surface area contributed by atoms with Crippen molar-refractivity contribution in [2.45, 2.75) is 26.4 Å². The Morgan fingerprint density at radius 1 is 1.54 bits per heavy atom. The van der Waals surface area contributed by atoms with E-state index in [0.29, 0.717) is 0 Å². The van der Waals surface area contributed by atoms with Crippen LogP contribution in [0.5, 0.6) is 0 Å². The lowest BCUT2D eigenvalue weighted by atomic mass is 10.0. The molecule has 0 aliphatic heterocycles. The van der Waals surface area contributed by atoms with Gasteiger partial charge in [-0.15, -0.1) is 11.3 Å². The van der Waals surface area contributed by atoms with Crippen molar-refractivity contribution in [2.24, 2.45) is 0 Å². The average Bonchev–Trinajstić information content (AvgIpc) is 2.50. The van der Waals surface area contributed by atoms with Crippen LogP contribution < -0.4 is 0 Å². The van der Waals surface area contributed by atoms with E-state index in [1.807, 2.05) is 18.4 Å². The quantitative estimate of drug-likeness (QED) is 0.698. The van der Waals surface area contributed by atoms with Gasteiger partial charge in [0, 0.05) is 7.11 Å². The van der Waals surface area contributed by atoms with Gasteiger partial charge in [0.2, 0.25) is 5.78 Å². The van der Waals surface area contributed by atoms with Gasteiger partial charge in [-0.2, -0.15) is 0 Å². The minimum atomic E-state index is -0.713. The van der Waals surface area contributed by atoms with Crippen LogP contribution >= 0.6 is 11.3 Å². The number of ketones is 1. The van der Waals surface area contributed by atoms with Crippen LogP contribution in [0.1, 0.15) is 29.1 Å². The Bertz CT molecular complexity index is 312. The molecule has 1 aromatic heterocycles. The largest absolute Gasteiger partial charge is 0.371 e. The molecule has 0 amide bonds. The molecule has 3 heteroatoms. The molecule has 0 radical (unpaired) electrons. The lowest BCUT2D eigenvalue weighted by Gasteiger charge is -2.20. The molecule has 1 aromatic rings. The number of thiophene rings is 1. The maximum Gasteiger partial charge on any atom is 0.204 e. The van der Waals surface area contributed by atoms with Crippen molar-refractivity contribution < 1.29 is 9.53 Å². The minimum Gasteiger partial charge on any atom is -0.371 e. The Hall–Kier alpha value is -0.670. The molecule has 0 bridgehead atoms. The molecule has 0 aliphatic rings. The van der Waals surface area contributed by atoms with Gasteiger partial charge >= 0.3 is 0 Å². The molecular weight excluding hydrogens is 184 g/mol. The summed E-state index contributed by atoms with van der Waals surface area (Å²) in [5.74, 6) is 0.0579. The fourth-order valence-electron chi connectivity index (χ4n) is 0.971. The topological polar surface area (TPSA) is 26.3 Å². The SMILES string of the molecule is COC(C)(C)C(=O)c1sccc1C. The monoisotopic (exact) mass is 198 g/mol. The fraction of sp³-hybridized carbons (Fsp3) is 0.500. The van der Waals surface area contributed by atoms with Gasteiger partial charge < -0.3 is 4.74 Å².